The van der Waals surface area contributed by atoms with Crippen LogP contribution in [0, 0.1) is 0 Å². The summed E-state index contributed by atoms with van der Waals surface area (Å²) in [5.41, 5.74) is 6.16. The smallest absolute Gasteiger partial charge is 0.267 e. The van der Waals surface area contributed by atoms with Crippen molar-refractivity contribution in [3.05, 3.63) is 94.6 Å². The van der Waals surface area contributed by atoms with Crippen LogP contribution in [0.4, 0.5) is 0 Å². The summed E-state index contributed by atoms with van der Waals surface area (Å²) in [5.74, 6) is -0.231. The van der Waals surface area contributed by atoms with E-state index < -0.39 is 0 Å². The summed E-state index contributed by atoms with van der Waals surface area (Å²) in [6, 6.07) is 17.5. The molecule has 0 fully saturated rings. The van der Waals surface area contributed by atoms with Gasteiger partial charge in [-0.2, -0.15) is 10.2 Å². The summed E-state index contributed by atoms with van der Waals surface area (Å²) in [7, 11) is 0. The number of hydrogen-bond acceptors (Lipinski definition) is 5. The molecule has 7 heteroatoms. The molecule has 4 rings (SSSR count). The number of pyridine rings is 1. The molecule has 0 saturated heterocycles. The largest absolute Gasteiger partial charge is 0.281 e. The molecule has 6 nitrogen and oxygen atoms in total. The summed E-state index contributed by atoms with van der Waals surface area (Å²) >= 11 is 1.37. The molecular weight excluding hydrogens is 370 g/mol. The van der Waals surface area contributed by atoms with Crippen LogP contribution < -0.4 is 5.43 Å². The van der Waals surface area contributed by atoms with Gasteiger partial charge in [0.2, 0.25) is 0 Å². The molecule has 0 radical (unpaired) electrons. The van der Waals surface area contributed by atoms with Crippen LogP contribution in [0.2, 0.25) is 0 Å². The highest BCUT2D eigenvalue weighted by molar-refractivity contribution is 7.12. The molecule has 0 aliphatic rings. The zero-order valence-corrected chi connectivity index (χ0v) is 15.7. The zero-order valence-electron chi connectivity index (χ0n) is 14.9. The molecule has 3 heterocycles. The lowest BCUT2D eigenvalue weighted by Crippen LogP contribution is -2.16. The van der Waals surface area contributed by atoms with Gasteiger partial charge in [0.25, 0.3) is 5.91 Å². The van der Waals surface area contributed by atoms with Gasteiger partial charge in [-0.3, -0.25) is 14.5 Å². The standard InChI is InChI=1S/C21H17N5OS/c27-21(19-9-5-11-28-19)24-23-13-18-15-26(14-16-6-2-1-3-7-16)25-20(18)17-8-4-10-22-12-17/h1-13,15H,14H2,(H,24,27)/b23-13-. The Bertz CT molecular complexity index is 1070. The van der Waals surface area contributed by atoms with Gasteiger partial charge in [-0.1, -0.05) is 36.4 Å². The van der Waals surface area contributed by atoms with E-state index in [1.807, 2.05) is 52.7 Å². The maximum absolute atomic E-state index is 12.1. The summed E-state index contributed by atoms with van der Waals surface area (Å²) in [4.78, 5) is 16.8. The second-order valence-electron chi connectivity index (χ2n) is 6.03. The SMILES string of the molecule is O=C(N/N=C\c1cn(Cc2ccccc2)nc1-c1cccnc1)c1cccs1. The normalized spacial score (nSPS) is 11.0. The van der Waals surface area contributed by atoms with Gasteiger partial charge in [-0.05, 0) is 29.1 Å². The molecule has 0 unspecified atom stereocenters. The van der Waals surface area contributed by atoms with Crippen LogP contribution in [-0.2, 0) is 6.54 Å². The van der Waals surface area contributed by atoms with Crippen LogP contribution >= 0.6 is 11.3 Å². The lowest BCUT2D eigenvalue weighted by molar-refractivity contribution is 0.0959. The lowest BCUT2D eigenvalue weighted by Gasteiger charge is -2.01. The first-order chi connectivity index (χ1) is 13.8. The number of nitrogens with one attached hydrogen (secondary N) is 1. The molecular formula is C21H17N5OS. The third-order valence-electron chi connectivity index (χ3n) is 4.03. The van der Waals surface area contributed by atoms with E-state index in [9.17, 15) is 4.79 Å². The topological polar surface area (TPSA) is 72.2 Å². The zero-order chi connectivity index (χ0) is 19.2. The van der Waals surface area contributed by atoms with E-state index in [1.165, 1.54) is 11.3 Å². The van der Waals surface area contributed by atoms with Gasteiger partial charge in [-0.25, -0.2) is 5.43 Å². The first kappa shape index (κ1) is 17.8. The van der Waals surface area contributed by atoms with E-state index in [4.69, 9.17) is 5.10 Å². The Morgan fingerprint density at radius 1 is 1.14 bits per heavy atom. The number of nitrogens with zero attached hydrogens (tertiary/aromatic N) is 4. The molecule has 0 bridgehead atoms. The number of amides is 1. The third kappa shape index (κ3) is 4.21. The Kier molecular flexibility index (Phi) is 5.35. The number of hydrogen-bond donors (Lipinski definition) is 1. The average Bonchev–Trinajstić information content (AvgIpc) is 3.40. The number of thiophene rings is 1. The van der Waals surface area contributed by atoms with Crippen molar-refractivity contribution in [1.29, 1.82) is 0 Å². The van der Waals surface area contributed by atoms with Crippen LogP contribution in [-0.4, -0.2) is 26.9 Å². The Balaban J connectivity index is 1.59. The highest BCUT2D eigenvalue weighted by Crippen LogP contribution is 2.20. The fourth-order valence-electron chi connectivity index (χ4n) is 2.73. The summed E-state index contributed by atoms with van der Waals surface area (Å²) in [5, 5.41) is 10.7. The number of benzene rings is 1. The van der Waals surface area contributed by atoms with Crippen molar-refractivity contribution in [2.45, 2.75) is 6.54 Å². The summed E-state index contributed by atoms with van der Waals surface area (Å²) < 4.78 is 1.86. The number of rotatable bonds is 6. The van der Waals surface area contributed by atoms with Crippen molar-refractivity contribution in [2.24, 2.45) is 5.10 Å². The highest BCUT2D eigenvalue weighted by atomic mass is 32.1. The Labute approximate surface area is 166 Å². The average molecular weight is 387 g/mol. The molecule has 3 aromatic heterocycles. The van der Waals surface area contributed by atoms with E-state index in [0.717, 1.165) is 22.4 Å². The van der Waals surface area contributed by atoms with E-state index in [0.29, 0.717) is 11.4 Å². The lowest BCUT2D eigenvalue weighted by atomic mass is 10.1. The minimum atomic E-state index is -0.231. The molecule has 1 aromatic carbocycles. The van der Waals surface area contributed by atoms with E-state index in [-0.39, 0.29) is 5.91 Å². The minimum absolute atomic E-state index is 0.231. The van der Waals surface area contributed by atoms with Gasteiger partial charge in [0.1, 0.15) is 5.69 Å². The predicted molar refractivity (Wildman–Crippen MR) is 110 cm³/mol. The van der Waals surface area contributed by atoms with E-state index in [2.05, 4.69) is 27.6 Å². The fourth-order valence-corrected chi connectivity index (χ4v) is 3.35. The van der Waals surface area contributed by atoms with Crippen LogP contribution in [0.1, 0.15) is 20.8 Å². The van der Waals surface area contributed by atoms with Crippen LogP contribution in [0.15, 0.2) is 83.7 Å². The van der Waals surface area contributed by atoms with Crippen molar-refractivity contribution < 1.29 is 4.79 Å². The second-order valence-corrected chi connectivity index (χ2v) is 6.98. The number of aromatic nitrogens is 3. The first-order valence-electron chi connectivity index (χ1n) is 8.68. The quantitative estimate of drug-likeness (QED) is 0.404. The molecule has 4 aromatic rings. The number of carbonyl (C=O) groups excluding carboxylic acids is 1. The molecule has 1 amide bonds. The molecule has 0 spiro atoms. The maximum Gasteiger partial charge on any atom is 0.281 e. The number of carbonyl (C=O) groups is 1. The molecule has 0 saturated carbocycles. The van der Waals surface area contributed by atoms with Crippen LogP contribution in [0.5, 0.6) is 0 Å². The molecule has 1 N–H and O–H groups in total. The van der Waals surface area contributed by atoms with Gasteiger partial charge >= 0.3 is 0 Å². The number of hydrazone groups is 1. The Morgan fingerprint density at radius 2 is 2.04 bits per heavy atom. The minimum Gasteiger partial charge on any atom is -0.267 e. The molecule has 28 heavy (non-hydrogen) atoms. The predicted octanol–water partition coefficient (Wildman–Crippen LogP) is 3.82. The van der Waals surface area contributed by atoms with Crippen molar-refractivity contribution in [3.63, 3.8) is 0 Å². The van der Waals surface area contributed by atoms with Gasteiger partial charge in [0.05, 0.1) is 17.6 Å². The summed E-state index contributed by atoms with van der Waals surface area (Å²) in [6.07, 6.45) is 7.01. The van der Waals surface area contributed by atoms with Crippen LogP contribution in [0.25, 0.3) is 11.3 Å². The van der Waals surface area contributed by atoms with Gasteiger partial charge < -0.3 is 0 Å². The van der Waals surface area contributed by atoms with Gasteiger partial charge in [-0.15, -0.1) is 11.3 Å². The van der Waals surface area contributed by atoms with Crippen LogP contribution in [0.3, 0.4) is 0 Å². The Morgan fingerprint density at radius 3 is 2.79 bits per heavy atom. The van der Waals surface area contributed by atoms with Crippen molar-refractivity contribution in [2.75, 3.05) is 0 Å². The Hall–Kier alpha value is -3.58. The monoisotopic (exact) mass is 387 g/mol. The molecule has 138 valence electrons. The maximum atomic E-state index is 12.1. The van der Waals surface area contributed by atoms with Crippen molar-refractivity contribution in [3.8, 4) is 11.3 Å². The van der Waals surface area contributed by atoms with Crippen molar-refractivity contribution in [1.82, 2.24) is 20.2 Å². The van der Waals surface area contributed by atoms with Gasteiger partial charge in [0, 0.05) is 29.7 Å². The molecule has 0 atom stereocenters. The summed E-state index contributed by atoms with van der Waals surface area (Å²) in [6.45, 7) is 0.642. The highest BCUT2D eigenvalue weighted by Gasteiger charge is 2.11. The van der Waals surface area contributed by atoms with Crippen molar-refractivity contribution >= 4 is 23.5 Å². The first-order valence-corrected chi connectivity index (χ1v) is 9.56. The third-order valence-corrected chi connectivity index (χ3v) is 4.90. The van der Waals surface area contributed by atoms with E-state index in [1.54, 1.807) is 24.7 Å². The molecule has 0 aliphatic heterocycles. The van der Waals surface area contributed by atoms with Gasteiger partial charge in [0.15, 0.2) is 0 Å². The van der Waals surface area contributed by atoms with E-state index >= 15 is 0 Å². The molecule has 0 aliphatic carbocycles. The second kappa shape index (κ2) is 8.41. The fraction of sp³-hybridized carbons (Fsp3) is 0.0476.